The Morgan fingerprint density at radius 2 is 1.20 bits per heavy atom. The van der Waals surface area contributed by atoms with Crippen molar-refractivity contribution in [1.29, 1.82) is 0 Å². The summed E-state index contributed by atoms with van der Waals surface area (Å²) in [5.74, 6) is 0. The molecule has 0 amide bonds. The zero-order valence-electron chi connectivity index (χ0n) is 20.3. The minimum atomic E-state index is -2.70. The zero-order valence-corrected chi connectivity index (χ0v) is 24.3. The Morgan fingerprint density at radius 3 is 1.80 bits per heavy atom. The molecule has 2 aliphatic carbocycles. The standard InChI is InChI=1S/C32H29.2ClH.Zr/c1-3-21-13-15-29-25-11-7-5-9-23(25)19-31(29)27(21)17-18-28-22(4-2)14-16-30-26-12-8-6-10-24(26)20-32(28)30;;;/h5-17H,3-4,18-20H2,1-2H3;2*1H;/q;;;+2/p-2. The molecule has 0 nitrogen and oxygen atoms in total. The fraction of sp³-hybridized carbons (Fsp3) is 0.250. The number of benzene rings is 4. The van der Waals surface area contributed by atoms with E-state index in [1.54, 1.807) is 0 Å². The second-order valence-corrected chi connectivity index (χ2v) is 18.9. The van der Waals surface area contributed by atoms with Gasteiger partial charge in [0.2, 0.25) is 0 Å². The molecule has 0 N–H and O–H groups in total. The first kappa shape index (κ1) is 23.7. The van der Waals surface area contributed by atoms with Crippen LogP contribution in [-0.2, 0) is 51.5 Å². The minimum absolute atomic E-state index is 0.250. The third-order valence-electron chi connectivity index (χ3n) is 8.11. The molecule has 3 heteroatoms. The Bertz CT molecular complexity index is 1440. The quantitative estimate of drug-likeness (QED) is 0.186. The van der Waals surface area contributed by atoms with Crippen LogP contribution in [0.2, 0.25) is 0 Å². The molecule has 0 bridgehead atoms. The molecule has 4 aromatic carbocycles. The van der Waals surface area contributed by atoms with E-state index in [0.717, 1.165) is 32.1 Å². The summed E-state index contributed by atoms with van der Waals surface area (Å²) in [7, 11) is 14.1. The summed E-state index contributed by atoms with van der Waals surface area (Å²) in [6.45, 7) is 4.54. The van der Waals surface area contributed by atoms with E-state index in [9.17, 15) is 0 Å². The van der Waals surface area contributed by atoms with Gasteiger partial charge in [0.25, 0.3) is 0 Å². The fourth-order valence-electron chi connectivity index (χ4n) is 6.43. The molecular weight excluding hydrogens is 546 g/mol. The molecule has 0 heterocycles. The zero-order chi connectivity index (χ0) is 24.1. The third-order valence-corrected chi connectivity index (χ3v) is 13.7. The van der Waals surface area contributed by atoms with Crippen LogP contribution in [0.4, 0.5) is 0 Å². The number of hydrogen-bond acceptors (Lipinski definition) is 0. The maximum absolute atomic E-state index is 7.07. The van der Waals surface area contributed by atoms with Crippen LogP contribution in [0, 0.1) is 0 Å². The summed E-state index contributed by atoms with van der Waals surface area (Å²) >= 11 is -2.70. The monoisotopic (exact) mass is 573 g/mol. The normalized spacial score (nSPS) is 13.7. The van der Waals surface area contributed by atoms with Crippen LogP contribution in [0.15, 0.2) is 72.8 Å². The molecule has 0 aliphatic heterocycles. The molecule has 6 rings (SSSR count). The van der Waals surface area contributed by atoms with Crippen molar-refractivity contribution in [3.63, 3.8) is 0 Å². The van der Waals surface area contributed by atoms with Crippen molar-refractivity contribution in [2.75, 3.05) is 0 Å². The van der Waals surface area contributed by atoms with E-state index < -0.39 is 19.4 Å². The molecule has 175 valence electrons. The molecular formula is C32H29Cl2Zr. The van der Waals surface area contributed by atoms with E-state index in [0.29, 0.717) is 0 Å². The van der Waals surface area contributed by atoms with E-state index in [1.807, 2.05) is 0 Å². The molecule has 2 aliphatic rings. The average molecular weight is 576 g/mol. The van der Waals surface area contributed by atoms with Gasteiger partial charge < -0.3 is 0 Å². The van der Waals surface area contributed by atoms with Gasteiger partial charge in [0, 0.05) is 0 Å². The molecule has 35 heavy (non-hydrogen) atoms. The van der Waals surface area contributed by atoms with Crippen molar-refractivity contribution in [3.8, 4) is 22.3 Å². The van der Waals surface area contributed by atoms with E-state index in [-0.39, 0.29) is 3.63 Å². The van der Waals surface area contributed by atoms with Gasteiger partial charge in [0.1, 0.15) is 0 Å². The first-order valence-corrected chi connectivity index (χ1v) is 20.5. The predicted octanol–water partition coefficient (Wildman–Crippen LogP) is 9.16. The van der Waals surface area contributed by atoms with Crippen molar-refractivity contribution in [2.24, 2.45) is 0 Å². The Hall–Kier alpha value is -1.66. The van der Waals surface area contributed by atoms with Gasteiger partial charge in [-0.25, -0.2) is 0 Å². The Labute approximate surface area is 224 Å². The molecule has 0 saturated heterocycles. The third kappa shape index (κ3) is 3.99. The number of rotatable bonds is 6. The number of fused-ring (bicyclic) bond motifs is 6. The van der Waals surface area contributed by atoms with Crippen LogP contribution >= 0.6 is 17.0 Å². The van der Waals surface area contributed by atoms with Gasteiger partial charge >= 0.3 is 226 Å². The molecule has 1 unspecified atom stereocenters. The maximum atomic E-state index is 7.07. The van der Waals surface area contributed by atoms with Gasteiger partial charge in [-0.15, -0.1) is 0 Å². The van der Waals surface area contributed by atoms with Crippen LogP contribution in [-0.4, -0.2) is 0 Å². The second-order valence-electron chi connectivity index (χ2n) is 9.82. The topological polar surface area (TPSA) is 0 Å². The summed E-state index contributed by atoms with van der Waals surface area (Å²) in [6, 6.07) is 27.1. The van der Waals surface area contributed by atoms with Gasteiger partial charge in [-0.1, -0.05) is 0 Å². The Morgan fingerprint density at radius 1 is 0.657 bits per heavy atom. The van der Waals surface area contributed by atoms with Crippen LogP contribution in [0.25, 0.3) is 22.3 Å². The van der Waals surface area contributed by atoms with Crippen molar-refractivity contribution >= 4 is 17.0 Å². The summed E-state index contributed by atoms with van der Waals surface area (Å²) < 4.78 is 0.250. The Kier molecular flexibility index (Phi) is 6.55. The number of aryl methyl sites for hydroxylation is 2. The number of hydrogen-bond donors (Lipinski definition) is 0. The van der Waals surface area contributed by atoms with Crippen LogP contribution in [0.1, 0.15) is 62.0 Å². The van der Waals surface area contributed by atoms with Crippen molar-refractivity contribution in [1.82, 2.24) is 0 Å². The fourth-order valence-corrected chi connectivity index (χ4v) is 10.9. The second kappa shape index (κ2) is 9.66. The van der Waals surface area contributed by atoms with E-state index in [2.05, 4.69) is 86.6 Å². The SMILES string of the molecule is CCc1ccc2c(c1C[CH](c1c(CC)ccc3c1Cc1ccccc1-3)[Zr]([Cl])[Cl])Cc1ccccc1-2. The van der Waals surface area contributed by atoms with E-state index >= 15 is 0 Å². The van der Waals surface area contributed by atoms with Gasteiger partial charge in [0.15, 0.2) is 0 Å². The summed E-state index contributed by atoms with van der Waals surface area (Å²) in [4.78, 5) is 0. The van der Waals surface area contributed by atoms with Gasteiger partial charge in [-0.05, 0) is 0 Å². The van der Waals surface area contributed by atoms with Crippen molar-refractivity contribution < 1.29 is 19.4 Å². The number of halogens is 2. The van der Waals surface area contributed by atoms with Crippen LogP contribution in [0.3, 0.4) is 0 Å². The average Bonchev–Trinajstić information content (AvgIpc) is 3.45. The summed E-state index contributed by atoms with van der Waals surface area (Å²) in [5.41, 5.74) is 17.3. The van der Waals surface area contributed by atoms with Gasteiger partial charge in [-0.3, -0.25) is 0 Å². The summed E-state index contributed by atoms with van der Waals surface area (Å²) in [5, 5.41) is 0. The molecule has 0 saturated carbocycles. The molecule has 0 spiro atoms. The molecule has 0 fully saturated rings. The van der Waals surface area contributed by atoms with E-state index in [1.165, 1.54) is 66.8 Å². The molecule has 4 aromatic rings. The Balaban J connectivity index is 1.49. The predicted molar refractivity (Wildman–Crippen MR) is 146 cm³/mol. The van der Waals surface area contributed by atoms with Crippen LogP contribution < -0.4 is 0 Å². The van der Waals surface area contributed by atoms with E-state index in [4.69, 9.17) is 17.0 Å². The van der Waals surface area contributed by atoms with Crippen molar-refractivity contribution in [2.45, 2.75) is 49.6 Å². The van der Waals surface area contributed by atoms with Crippen LogP contribution in [0.5, 0.6) is 0 Å². The van der Waals surface area contributed by atoms with Gasteiger partial charge in [-0.2, -0.15) is 0 Å². The first-order chi connectivity index (χ1) is 17.1. The first-order valence-electron chi connectivity index (χ1n) is 12.7. The summed E-state index contributed by atoms with van der Waals surface area (Å²) in [6.07, 6.45) is 5.02. The van der Waals surface area contributed by atoms with Gasteiger partial charge in [0.05, 0.1) is 0 Å². The molecule has 0 aromatic heterocycles. The van der Waals surface area contributed by atoms with Crippen molar-refractivity contribution in [3.05, 3.63) is 117 Å². The molecule has 1 atom stereocenters. The molecule has 0 radical (unpaired) electrons.